The third-order valence-electron chi connectivity index (χ3n) is 4.00. The Bertz CT molecular complexity index is 885. The highest BCUT2D eigenvalue weighted by atomic mass is 32.1. The number of ether oxygens (including phenoxy) is 1. The molecule has 1 aromatic heterocycles. The van der Waals surface area contributed by atoms with Gasteiger partial charge in [0.15, 0.2) is 0 Å². The van der Waals surface area contributed by atoms with Gasteiger partial charge in [-0.25, -0.2) is 9.18 Å². The fourth-order valence-corrected chi connectivity index (χ4v) is 3.58. The summed E-state index contributed by atoms with van der Waals surface area (Å²) in [5, 5.41) is 6.00. The Hall–Kier alpha value is -2.66. The van der Waals surface area contributed by atoms with Crippen molar-refractivity contribution in [1.29, 1.82) is 0 Å². The predicted octanol–water partition coefficient (Wildman–Crippen LogP) is 5.65. The molecule has 0 saturated heterocycles. The van der Waals surface area contributed by atoms with Crippen LogP contribution in [0.3, 0.4) is 0 Å². The Balaban J connectivity index is 1.90. The Morgan fingerprint density at radius 2 is 1.81 bits per heavy atom. The maximum absolute atomic E-state index is 13.0. The van der Waals surface area contributed by atoms with E-state index in [-0.39, 0.29) is 11.8 Å². The topological polar surface area (TPSA) is 38.3 Å². The van der Waals surface area contributed by atoms with Gasteiger partial charge >= 0.3 is 5.97 Å². The van der Waals surface area contributed by atoms with E-state index in [9.17, 15) is 9.18 Å². The summed E-state index contributed by atoms with van der Waals surface area (Å²) in [6, 6.07) is 14.3. The van der Waals surface area contributed by atoms with Crippen LogP contribution < -0.4 is 5.32 Å². The zero-order valence-electron chi connectivity index (χ0n) is 14.7. The summed E-state index contributed by atoms with van der Waals surface area (Å²) >= 11 is 1.47. The summed E-state index contributed by atoms with van der Waals surface area (Å²) in [5.74, 6) is -0.607. The average Bonchev–Trinajstić information content (AvgIpc) is 3.06. The van der Waals surface area contributed by atoms with E-state index in [4.69, 9.17) is 4.74 Å². The molecule has 1 N–H and O–H groups in total. The van der Waals surface area contributed by atoms with Crippen molar-refractivity contribution in [3.05, 3.63) is 76.4 Å². The van der Waals surface area contributed by atoms with E-state index in [1.165, 1.54) is 23.5 Å². The lowest BCUT2D eigenvalue weighted by Crippen LogP contribution is -2.09. The van der Waals surface area contributed by atoms with Gasteiger partial charge in [0.05, 0.1) is 6.61 Å². The van der Waals surface area contributed by atoms with Crippen LogP contribution in [0.15, 0.2) is 53.9 Å². The van der Waals surface area contributed by atoms with Crippen LogP contribution in [0.4, 0.5) is 9.39 Å². The number of benzene rings is 2. The summed E-state index contributed by atoms with van der Waals surface area (Å²) in [6.45, 7) is 4.64. The second kappa shape index (κ2) is 8.15. The molecular formula is C21H20FNO2S. The summed E-state index contributed by atoms with van der Waals surface area (Å²) < 4.78 is 18.3. The molecule has 3 nitrogen and oxygen atoms in total. The Morgan fingerprint density at radius 1 is 1.12 bits per heavy atom. The van der Waals surface area contributed by atoms with Gasteiger partial charge < -0.3 is 10.1 Å². The third kappa shape index (κ3) is 4.11. The van der Waals surface area contributed by atoms with Crippen molar-refractivity contribution in [2.75, 3.05) is 11.9 Å². The van der Waals surface area contributed by atoms with E-state index in [0.29, 0.717) is 18.7 Å². The minimum atomic E-state index is -0.342. The highest BCUT2D eigenvalue weighted by Crippen LogP contribution is 2.36. The van der Waals surface area contributed by atoms with Gasteiger partial charge in [-0.15, -0.1) is 11.3 Å². The zero-order chi connectivity index (χ0) is 18.5. The van der Waals surface area contributed by atoms with Crippen LogP contribution in [-0.4, -0.2) is 12.6 Å². The summed E-state index contributed by atoms with van der Waals surface area (Å²) in [5.41, 5.74) is 4.48. The molecule has 0 fully saturated rings. The monoisotopic (exact) mass is 369 g/mol. The molecule has 0 spiro atoms. The van der Waals surface area contributed by atoms with Gasteiger partial charge in [-0.2, -0.15) is 0 Å². The lowest BCUT2D eigenvalue weighted by molar-refractivity contribution is 0.0529. The van der Waals surface area contributed by atoms with Crippen molar-refractivity contribution in [2.24, 2.45) is 0 Å². The highest BCUT2D eigenvalue weighted by Gasteiger charge is 2.21. The Labute approximate surface area is 156 Å². The van der Waals surface area contributed by atoms with E-state index in [1.54, 1.807) is 19.1 Å². The van der Waals surface area contributed by atoms with E-state index in [0.717, 1.165) is 27.3 Å². The van der Waals surface area contributed by atoms with Crippen molar-refractivity contribution >= 4 is 22.3 Å². The first-order valence-electron chi connectivity index (χ1n) is 8.42. The van der Waals surface area contributed by atoms with Crippen LogP contribution in [0.2, 0.25) is 0 Å². The fraction of sp³-hybridized carbons (Fsp3) is 0.190. The van der Waals surface area contributed by atoms with Gasteiger partial charge in [-0.3, -0.25) is 0 Å². The number of rotatable bonds is 6. The van der Waals surface area contributed by atoms with Crippen molar-refractivity contribution in [3.8, 4) is 11.1 Å². The molecule has 0 atom stereocenters. The normalized spacial score (nSPS) is 10.6. The van der Waals surface area contributed by atoms with Gasteiger partial charge in [0.1, 0.15) is 16.4 Å². The number of halogens is 1. The van der Waals surface area contributed by atoms with E-state index >= 15 is 0 Å². The van der Waals surface area contributed by atoms with Crippen LogP contribution in [0.1, 0.15) is 28.4 Å². The zero-order valence-corrected chi connectivity index (χ0v) is 15.5. The molecule has 0 radical (unpaired) electrons. The predicted molar refractivity (Wildman–Crippen MR) is 104 cm³/mol. The molecule has 1 heterocycles. The highest BCUT2D eigenvalue weighted by molar-refractivity contribution is 7.15. The van der Waals surface area contributed by atoms with Gasteiger partial charge in [0.25, 0.3) is 0 Å². The Morgan fingerprint density at radius 3 is 2.46 bits per heavy atom. The van der Waals surface area contributed by atoms with Gasteiger partial charge in [-0.05, 0) is 37.1 Å². The molecule has 2 aromatic carbocycles. The molecular weight excluding hydrogens is 349 g/mol. The lowest BCUT2D eigenvalue weighted by Gasteiger charge is -2.10. The minimum absolute atomic E-state index is 0.265. The number of aryl methyl sites for hydroxylation is 1. The SMILES string of the molecule is CCOC(=O)c1c(-c2ccc(C)cc2)csc1NCc1ccc(F)cc1. The first-order chi connectivity index (χ1) is 12.6. The number of anilines is 1. The number of hydrogen-bond donors (Lipinski definition) is 1. The molecule has 3 aromatic rings. The van der Waals surface area contributed by atoms with Crippen molar-refractivity contribution in [3.63, 3.8) is 0 Å². The summed E-state index contributed by atoms with van der Waals surface area (Å²) in [6.07, 6.45) is 0. The number of thiophene rings is 1. The van der Waals surface area contributed by atoms with Crippen molar-refractivity contribution in [2.45, 2.75) is 20.4 Å². The number of carbonyl (C=O) groups excluding carboxylic acids is 1. The molecule has 0 unspecified atom stereocenters. The molecule has 0 aliphatic carbocycles. The minimum Gasteiger partial charge on any atom is -0.462 e. The van der Waals surface area contributed by atoms with Crippen molar-refractivity contribution < 1.29 is 13.9 Å². The third-order valence-corrected chi connectivity index (χ3v) is 4.94. The molecule has 0 aliphatic heterocycles. The van der Waals surface area contributed by atoms with E-state index in [1.807, 2.05) is 36.6 Å². The van der Waals surface area contributed by atoms with Gasteiger partial charge in [-0.1, -0.05) is 42.0 Å². The Kier molecular flexibility index (Phi) is 5.68. The first-order valence-corrected chi connectivity index (χ1v) is 9.30. The average molecular weight is 369 g/mol. The van der Waals surface area contributed by atoms with E-state index in [2.05, 4.69) is 5.32 Å². The van der Waals surface area contributed by atoms with Gasteiger partial charge in [0.2, 0.25) is 0 Å². The standard InChI is InChI=1S/C21H20FNO2S/c1-3-25-21(24)19-18(16-8-4-14(2)5-9-16)13-26-20(19)23-12-15-6-10-17(22)11-7-15/h4-11,13,23H,3,12H2,1-2H3. The quantitative estimate of drug-likeness (QED) is 0.571. The molecule has 3 rings (SSSR count). The largest absolute Gasteiger partial charge is 0.462 e. The number of esters is 1. The maximum Gasteiger partial charge on any atom is 0.341 e. The molecule has 0 saturated carbocycles. The smallest absolute Gasteiger partial charge is 0.341 e. The summed E-state index contributed by atoms with van der Waals surface area (Å²) in [4.78, 5) is 12.5. The second-order valence-corrected chi connectivity index (χ2v) is 6.80. The second-order valence-electron chi connectivity index (χ2n) is 5.92. The molecule has 26 heavy (non-hydrogen) atoms. The van der Waals surface area contributed by atoms with Crippen LogP contribution in [0.5, 0.6) is 0 Å². The van der Waals surface area contributed by atoms with Gasteiger partial charge in [0, 0.05) is 17.5 Å². The van der Waals surface area contributed by atoms with Crippen LogP contribution >= 0.6 is 11.3 Å². The molecule has 0 amide bonds. The van der Waals surface area contributed by atoms with Crippen LogP contribution in [-0.2, 0) is 11.3 Å². The van der Waals surface area contributed by atoms with Crippen LogP contribution in [0, 0.1) is 12.7 Å². The molecule has 5 heteroatoms. The molecule has 0 aliphatic rings. The lowest BCUT2D eigenvalue weighted by atomic mass is 10.0. The van der Waals surface area contributed by atoms with Crippen molar-refractivity contribution in [1.82, 2.24) is 0 Å². The molecule has 0 bridgehead atoms. The number of carbonyl (C=O) groups is 1. The number of hydrogen-bond acceptors (Lipinski definition) is 4. The number of nitrogens with one attached hydrogen (secondary N) is 1. The first kappa shape index (κ1) is 18.1. The summed E-state index contributed by atoms with van der Waals surface area (Å²) in [7, 11) is 0. The molecule has 134 valence electrons. The van der Waals surface area contributed by atoms with E-state index < -0.39 is 0 Å². The maximum atomic E-state index is 13.0. The fourth-order valence-electron chi connectivity index (χ4n) is 2.62. The van der Waals surface area contributed by atoms with Crippen LogP contribution in [0.25, 0.3) is 11.1 Å².